The van der Waals surface area contributed by atoms with Gasteiger partial charge in [0.1, 0.15) is 11.4 Å². The molecule has 66 valence electrons. The zero-order valence-corrected chi connectivity index (χ0v) is 6.30. The fraction of sp³-hybridized carbons (Fsp3) is 0. The fourth-order valence-corrected chi connectivity index (χ4v) is 0.983. The zero-order valence-electron chi connectivity index (χ0n) is 6.30. The van der Waals surface area contributed by atoms with E-state index < -0.39 is 5.09 Å². The number of azo groups is 1. The van der Waals surface area contributed by atoms with Crippen LogP contribution >= 0.6 is 0 Å². The van der Waals surface area contributed by atoms with Crippen molar-refractivity contribution < 1.29 is 9.92 Å². The molecule has 0 atom stereocenters. The summed E-state index contributed by atoms with van der Waals surface area (Å²) >= 11 is 0. The van der Waals surface area contributed by atoms with E-state index in [-0.39, 0.29) is 11.4 Å². The Morgan fingerprint density at radius 3 is 2.77 bits per heavy atom. The van der Waals surface area contributed by atoms with Gasteiger partial charge in [0.25, 0.3) is 5.09 Å². The van der Waals surface area contributed by atoms with Gasteiger partial charge in [-0.15, -0.1) is 20.3 Å². The SMILES string of the molecule is Nc1ccc2c(c1O[N+](=O)[O-])N=N2. The molecule has 1 aromatic carbocycles. The van der Waals surface area contributed by atoms with Gasteiger partial charge in [0.15, 0.2) is 5.75 Å². The van der Waals surface area contributed by atoms with Crippen LogP contribution in [0.2, 0.25) is 0 Å². The Kier molecular flexibility index (Phi) is 1.38. The topological polar surface area (TPSA) is 103 Å². The summed E-state index contributed by atoms with van der Waals surface area (Å²) in [5.74, 6) is -0.0440. The minimum Gasteiger partial charge on any atom is -0.397 e. The molecule has 1 aliphatic heterocycles. The van der Waals surface area contributed by atoms with Gasteiger partial charge in [-0.05, 0) is 12.1 Å². The van der Waals surface area contributed by atoms with Crippen LogP contribution in [-0.2, 0) is 0 Å². The van der Waals surface area contributed by atoms with Crippen LogP contribution in [0.5, 0.6) is 5.75 Å². The van der Waals surface area contributed by atoms with Gasteiger partial charge in [-0.25, -0.2) is 0 Å². The normalized spacial score (nSPS) is 11.7. The highest BCUT2D eigenvalue weighted by atomic mass is 17.0. The lowest BCUT2D eigenvalue weighted by Crippen LogP contribution is -2.06. The second kappa shape index (κ2) is 2.41. The first-order chi connectivity index (χ1) is 6.18. The van der Waals surface area contributed by atoms with Crippen molar-refractivity contribution in [2.24, 2.45) is 10.2 Å². The molecule has 0 bridgehead atoms. The third-order valence-electron chi connectivity index (χ3n) is 1.56. The quantitative estimate of drug-likeness (QED) is 0.430. The third kappa shape index (κ3) is 1.06. The van der Waals surface area contributed by atoms with Crippen molar-refractivity contribution in [3.05, 3.63) is 22.2 Å². The van der Waals surface area contributed by atoms with Crippen LogP contribution in [0, 0.1) is 10.1 Å². The molecule has 1 aliphatic rings. The van der Waals surface area contributed by atoms with E-state index in [0.29, 0.717) is 11.4 Å². The first-order valence-corrected chi connectivity index (χ1v) is 3.35. The summed E-state index contributed by atoms with van der Waals surface area (Å²) < 4.78 is 0. The van der Waals surface area contributed by atoms with Gasteiger partial charge in [-0.2, -0.15) is 0 Å². The van der Waals surface area contributed by atoms with E-state index in [2.05, 4.69) is 15.1 Å². The first kappa shape index (κ1) is 7.47. The highest BCUT2D eigenvalue weighted by Crippen LogP contribution is 2.48. The van der Waals surface area contributed by atoms with E-state index in [9.17, 15) is 10.1 Å². The first-order valence-electron chi connectivity index (χ1n) is 3.35. The molecule has 0 unspecified atom stereocenters. The van der Waals surface area contributed by atoms with Crippen LogP contribution in [0.1, 0.15) is 0 Å². The molecule has 0 aromatic heterocycles. The molecule has 0 aliphatic carbocycles. The highest BCUT2D eigenvalue weighted by Gasteiger charge is 2.20. The predicted molar refractivity (Wildman–Crippen MR) is 42.7 cm³/mol. The summed E-state index contributed by atoms with van der Waals surface area (Å²) in [5, 5.41) is 16.3. The van der Waals surface area contributed by atoms with Crippen molar-refractivity contribution in [2.45, 2.75) is 0 Å². The molecule has 7 heteroatoms. The van der Waals surface area contributed by atoms with E-state index in [0.717, 1.165) is 0 Å². The Morgan fingerprint density at radius 2 is 2.23 bits per heavy atom. The summed E-state index contributed by atoms with van der Waals surface area (Å²) in [5.41, 5.74) is 6.49. The molecule has 2 rings (SSSR count). The number of nitrogens with two attached hydrogens (primary N) is 1. The molecule has 1 aromatic rings. The molecule has 0 radical (unpaired) electrons. The van der Waals surface area contributed by atoms with Gasteiger partial charge in [0, 0.05) is 0 Å². The number of hydrogen-bond donors (Lipinski definition) is 1. The Morgan fingerprint density at radius 1 is 1.46 bits per heavy atom. The van der Waals surface area contributed by atoms with E-state index in [1.165, 1.54) is 6.07 Å². The molecular weight excluding hydrogens is 176 g/mol. The van der Waals surface area contributed by atoms with Gasteiger partial charge >= 0.3 is 0 Å². The van der Waals surface area contributed by atoms with E-state index in [1.54, 1.807) is 6.07 Å². The van der Waals surface area contributed by atoms with Crippen LogP contribution in [0.3, 0.4) is 0 Å². The monoisotopic (exact) mass is 180 g/mol. The Bertz CT molecular complexity index is 415. The van der Waals surface area contributed by atoms with Gasteiger partial charge in [-0.1, -0.05) is 0 Å². The van der Waals surface area contributed by atoms with Crippen molar-refractivity contribution in [1.29, 1.82) is 0 Å². The zero-order chi connectivity index (χ0) is 9.42. The summed E-state index contributed by atoms with van der Waals surface area (Å²) in [6.07, 6.45) is 0. The molecule has 1 heterocycles. The van der Waals surface area contributed by atoms with Gasteiger partial charge < -0.3 is 5.73 Å². The number of rotatable bonds is 2. The smallest absolute Gasteiger partial charge is 0.299 e. The molecule has 2 N–H and O–H groups in total. The van der Waals surface area contributed by atoms with Crippen LogP contribution < -0.4 is 10.6 Å². The van der Waals surface area contributed by atoms with Crippen molar-refractivity contribution in [2.75, 3.05) is 5.73 Å². The highest BCUT2D eigenvalue weighted by molar-refractivity contribution is 5.80. The van der Waals surface area contributed by atoms with Crippen LogP contribution in [0.25, 0.3) is 0 Å². The molecule has 0 saturated heterocycles. The summed E-state index contributed by atoms with van der Waals surface area (Å²) in [4.78, 5) is 14.3. The minimum absolute atomic E-state index is 0.0440. The molecule has 7 nitrogen and oxygen atoms in total. The predicted octanol–water partition coefficient (Wildman–Crippen LogP) is 1.57. The van der Waals surface area contributed by atoms with Crippen molar-refractivity contribution in [3.63, 3.8) is 0 Å². The summed E-state index contributed by atoms with van der Waals surface area (Å²) in [6, 6.07) is 3.10. The third-order valence-corrected chi connectivity index (χ3v) is 1.56. The Balaban J connectivity index is 2.45. The number of nitrogen functional groups attached to an aromatic ring is 1. The Labute approximate surface area is 71.9 Å². The maximum absolute atomic E-state index is 10.1. The van der Waals surface area contributed by atoms with E-state index in [4.69, 9.17) is 5.73 Å². The van der Waals surface area contributed by atoms with Crippen molar-refractivity contribution in [1.82, 2.24) is 0 Å². The van der Waals surface area contributed by atoms with Crippen LogP contribution in [-0.4, -0.2) is 5.09 Å². The average Bonchev–Trinajstić information content (AvgIpc) is 1.98. The second-order valence-electron chi connectivity index (χ2n) is 2.37. The number of fused-ring (bicyclic) bond motifs is 1. The molecule has 0 fully saturated rings. The minimum atomic E-state index is -0.931. The second-order valence-corrected chi connectivity index (χ2v) is 2.37. The van der Waals surface area contributed by atoms with Gasteiger partial charge in [0.2, 0.25) is 0 Å². The molecule has 0 spiro atoms. The van der Waals surface area contributed by atoms with Gasteiger partial charge in [-0.3, -0.25) is 4.84 Å². The average molecular weight is 180 g/mol. The lowest BCUT2D eigenvalue weighted by atomic mass is 10.2. The number of nitrogens with zero attached hydrogens (tertiary/aromatic N) is 3. The van der Waals surface area contributed by atoms with Crippen molar-refractivity contribution in [3.8, 4) is 5.75 Å². The molecule has 0 saturated carbocycles. The standard InChI is InChI=1S/C6H4N4O3/c7-3-1-2-4-5(9-8-4)6(3)13-10(11)12/h1-2H,7H2. The number of anilines is 1. The molecular formula is C6H4N4O3. The number of benzene rings is 1. The molecule has 0 amide bonds. The van der Waals surface area contributed by atoms with Crippen molar-refractivity contribution >= 4 is 17.1 Å². The summed E-state index contributed by atoms with van der Waals surface area (Å²) in [6.45, 7) is 0. The lowest BCUT2D eigenvalue weighted by molar-refractivity contribution is -0.710. The van der Waals surface area contributed by atoms with Gasteiger partial charge in [0.05, 0.1) is 5.69 Å². The largest absolute Gasteiger partial charge is 0.397 e. The van der Waals surface area contributed by atoms with Crippen LogP contribution in [0.4, 0.5) is 17.1 Å². The fourth-order valence-electron chi connectivity index (χ4n) is 0.983. The van der Waals surface area contributed by atoms with E-state index >= 15 is 0 Å². The molecule has 13 heavy (non-hydrogen) atoms. The van der Waals surface area contributed by atoms with Crippen LogP contribution in [0.15, 0.2) is 22.4 Å². The maximum Gasteiger partial charge on any atom is 0.299 e. The maximum atomic E-state index is 10.1. The number of hydrogen-bond acceptors (Lipinski definition) is 6. The summed E-state index contributed by atoms with van der Waals surface area (Å²) in [7, 11) is 0. The lowest BCUT2D eigenvalue weighted by Gasteiger charge is -2.12. The van der Waals surface area contributed by atoms with E-state index in [1.807, 2.05) is 0 Å². The Hall–Kier alpha value is -2.18.